The second-order valence-corrected chi connectivity index (χ2v) is 6.71. The third kappa shape index (κ3) is 5.46. The van der Waals surface area contributed by atoms with E-state index in [9.17, 15) is 32.9 Å². The molecule has 1 aliphatic carbocycles. The number of rotatable bonds is 7. The molecule has 3 N–H and O–H groups in total. The Morgan fingerprint density at radius 1 is 1.07 bits per heavy atom. The summed E-state index contributed by atoms with van der Waals surface area (Å²) < 4.78 is 37.0. The van der Waals surface area contributed by atoms with Crippen molar-refractivity contribution in [2.24, 2.45) is 0 Å². The van der Waals surface area contributed by atoms with Crippen molar-refractivity contribution in [2.75, 3.05) is 17.2 Å². The Morgan fingerprint density at radius 3 is 2.40 bits per heavy atom. The van der Waals surface area contributed by atoms with Crippen molar-refractivity contribution in [3.8, 4) is 0 Å². The van der Waals surface area contributed by atoms with E-state index in [0.29, 0.717) is 5.69 Å². The summed E-state index contributed by atoms with van der Waals surface area (Å²) in [5, 5.41) is 18.5. The maximum Gasteiger partial charge on any atom is 0.405 e. The fourth-order valence-electron chi connectivity index (χ4n) is 2.65. The lowest BCUT2D eigenvalue weighted by molar-refractivity contribution is -0.384. The lowest BCUT2D eigenvalue weighted by Gasteiger charge is -2.13. The molecule has 2 aromatic carbocycles. The molecule has 0 radical (unpaired) electrons. The number of carbonyl (C=O) groups excluding carboxylic acids is 2. The molecular formula is C19H17F3N4O4. The van der Waals surface area contributed by atoms with Crippen LogP contribution >= 0.6 is 0 Å². The summed E-state index contributed by atoms with van der Waals surface area (Å²) in [5.74, 6) is -1.76. The molecule has 30 heavy (non-hydrogen) atoms. The molecule has 1 saturated carbocycles. The Morgan fingerprint density at radius 2 is 1.77 bits per heavy atom. The maximum atomic E-state index is 12.6. The molecular weight excluding hydrogens is 405 g/mol. The standard InChI is InChI=1S/C19H17F3N4O4/c20-19(21,22)10-23-18(28)13-3-1-2-4-14(13)25-17(27)11-5-8-15(24-12-6-7-12)16(9-11)26(29)30/h1-5,8-9,12,24H,6-7,10H2,(H,23,28)(H,25,27). The highest BCUT2D eigenvalue weighted by atomic mass is 19.4. The van der Waals surface area contributed by atoms with E-state index in [-0.39, 0.29) is 28.5 Å². The SMILES string of the molecule is O=C(Nc1ccccc1C(=O)NCC(F)(F)F)c1ccc(NC2CC2)c([N+](=O)[O-])c1. The van der Waals surface area contributed by atoms with Crippen LogP contribution in [0.3, 0.4) is 0 Å². The van der Waals surface area contributed by atoms with Gasteiger partial charge in [0.05, 0.1) is 16.2 Å². The van der Waals surface area contributed by atoms with E-state index in [1.54, 1.807) is 5.32 Å². The Bertz CT molecular complexity index is 990. The first-order chi connectivity index (χ1) is 14.1. The van der Waals surface area contributed by atoms with Gasteiger partial charge in [-0.2, -0.15) is 13.2 Å². The van der Waals surface area contributed by atoms with Crippen LogP contribution in [0.2, 0.25) is 0 Å². The van der Waals surface area contributed by atoms with Gasteiger partial charge in [0.2, 0.25) is 0 Å². The average molecular weight is 422 g/mol. The monoisotopic (exact) mass is 422 g/mol. The Labute approximate surface area is 168 Å². The van der Waals surface area contributed by atoms with E-state index in [4.69, 9.17) is 0 Å². The number of nitrogens with zero attached hydrogens (tertiary/aromatic N) is 1. The molecule has 0 aliphatic heterocycles. The molecule has 0 atom stereocenters. The second kappa shape index (κ2) is 8.39. The van der Waals surface area contributed by atoms with E-state index in [0.717, 1.165) is 18.9 Å². The number of para-hydroxylation sites is 1. The summed E-state index contributed by atoms with van der Waals surface area (Å²) >= 11 is 0. The normalized spacial score (nSPS) is 13.4. The summed E-state index contributed by atoms with van der Waals surface area (Å²) in [6.45, 7) is -1.52. The molecule has 0 saturated heterocycles. The lowest BCUT2D eigenvalue weighted by atomic mass is 10.1. The highest BCUT2D eigenvalue weighted by Gasteiger charge is 2.29. The van der Waals surface area contributed by atoms with Gasteiger partial charge in [-0.1, -0.05) is 12.1 Å². The second-order valence-electron chi connectivity index (χ2n) is 6.71. The molecule has 0 unspecified atom stereocenters. The molecule has 3 rings (SSSR count). The van der Waals surface area contributed by atoms with Crippen molar-refractivity contribution in [1.29, 1.82) is 0 Å². The van der Waals surface area contributed by atoms with Crippen LogP contribution < -0.4 is 16.0 Å². The highest BCUT2D eigenvalue weighted by Crippen LogP contribution is 2.31. The molecule has 0 aromatic heterocycles. The fourth-order valence-corrected chi connectivity index (χ4v) is 2.65. The summed E-state index contributed by atoms with van der Waals surface area (Å²) in [6.07, 6.45) is -2.76. The minimum Gasteiger partial charge on any atom is -0.377 e. The number of hydrogen-bond donors (Lipinski definition) is 3. The highest BCUT2D eigenvalue weighted by molar-refractivity contribution is 6.09. The molecule has 11 heteroatoms. The predicted molar refractivity (Wildman–Crippen MR) is 103 cm³/mol. The Hall–Kier alpha value is -3.63. The number of benzene rings is 2. The van der Waals surface area contributed by atoms with Crippen molar-refractivity contribution in [3.05, 3.63) is 63.7 Å². The zero-order valence-electron chi connectivity index (χ0n) is 15.5. The number of nitro benzene ring substituents is 1. The predicted octanol–water partition coefficient (Wildman–Crippen LogP) is 3.71. The smallest absolute Gasteiger partial charge is 0.377 e. The number of nitrogens with one attached hydrogen (secondary N) is 3. The number of alkyl halides is 3. The van der Waals surface area contributed by atoms with Crippen LogP contribution in [0.25, 0.3) is 0 Å². The molecule has 0 heterocycles. The first-order valence-corrected chi connectivity index (χ1v) is 8.94. The largest absolute Gasteiger partial charge is 0.405 e. The number of nitro groups is 1. The minimum atomic E-state index is -4.58. The molecule has 1 aliphatic rings. The van der Waals surface area contributed by atoms with E-state index in [2.05, 4.69) is 10.6 Å². The van der Waals surface area contributed by atoms with Gasteiger partial charge in [0.1, 0.15) is 12.2 Å². The minimum absolute atomic E-state index is 0.0231. The number of anilines is 2. The molecule has 2 amide bonds. The number of halogens is 3. The van der Waals surface area contributed by atoms with Crippen molar-refractivity contribution in [3.63, 3.8) is 0 Å². The van der Waals surface area contributed by atoms with Gasteiger partial charge in [0.25, 0.3) is 17.5 Å². The van der Waals surface area contributed by atoms with Gasteiger partial charge in [0, 0.05) is 17.7 Å². The van der Waals surface area contributed by atoms with Gasteiger partial charge >= 0.3 is 6.18 Å². The van der Waals surface area contributed by atoms with Crippen LogP contribution in [-0.2, 0) is 0 Å². The van der Waals surface area contributed by atoms with Gasteiger partial charge in [-0.3, -0.25) is 19.7 Å². The van der Waals surface area contributed by atoms with E-state index in [1.807, 2.05) is 0 Å². The number of amides is 2. The zero-order chi connectivity index (χ0) is 21.9. The van der Waals surface area contributed by atoms with E-state index < -0.39 is 29.5 Å². The molecule has 0 bridgehead atoms. The quantitative estimate of drug-likeness (QED) is 0.465. The van der Waals surface area contributed by atoms with Gasteiger partial charge < -0.3 is 16.0 Å². The molecule has 0 spiro atoms. The summed E-state index contributed by atoms with van der Waals surface area (Å²) in [7, 11) is 0. The van der Waals surface area contributed by atoms with Crippen LogP contribution in [0.1, 0.15) is 33.6 Å². The molecule has 158 valence electrons. The van der Waals surface area contributed by atoms with Gasteiger partial charge in [-0.25, -0.2) is 0 Å². The van der Waals surface area contributed by atoms with E-state index >= 15 is 0 Å². The Kier molecular flexibility index (Phi) is 5.90. The maximum absolute atomic E-state index is 12.6. The first-order valence-electron chi connectivity index (χ1n) is 8.94. The number of hydrogen-bond acceptors (Lipinski definition) is 5. The fraction of sp³-hybridized carbons (Fsp3) is 0.263. The van der Waals surface area contributed by atoms with Crippen LogP contribution in [0.5, 0.6) is 0 Å². The van der Waals surface area contributed by atoms with Gasteiger partial charge in [-0.15, -0.1) is 0 Å². The average Bonchev–Trinajstić information content (AvgIpc) is 3.50. The topological polar surface area (TPSA) is 113 Å². The first kappa shape index (κ1) is 21.1. The summed E-state index contributed by atoms with van der Waals surface area (Å²) in [4.78, 5) is 35.4. The van der Waals surface area contributed by atoms with Crippen LogP contribution in [-0.4, -0.2) is 35.5 Å². The molecule has 2 aromatic rings. The van der Waals surface area contributed by atoms with Gasteiger partial charge in [-0.05, 0) is 37.1 Å². The molecule has 8 nitrogen and oxygen atoms in total. The Balaban J connectivity index is 1.78. The van der Waals surface area contributed by atoms with E-state index in [1.165, 1.54) is 36.4 Å². The van der Waals surface area contributed by atoms with Crippen molar-refractivity contribution < 1.29 is 27.7 Å². The third-order valence-electron chi connectivity index (χ3n) is 4.26. The number of carbonyl (C=O) groups is 2. The van der Waals surface area contributed by atoms with Crippen LogP contribution in [0.4, 0.5) is 30.2 Å². The van der Waals surface area contributed by atoms with Crippen molar-refractivity contribution in [1.82, 2.24) is 5.32 Å². The van der Waals surface area contributed by atoms with Crippen LogP contribution in [0.15, 0.2) is 42.5 Å². The van der Waals surface area contributed by atoms with Crippen LogP contribution in [0, 0.1) is 10.1 Å². The summed E-state index contributed by atoms with van der Waals surface area (Å²) in [5.41, 5.74) is -0.202. The zero-order valence-corrected chi connectivity index (χ0v) is 15.5. The van der Waals surface area contributed by atoms with Crippen molar-refractivity contribution >= 4 is 28.9 Å². The molecule has 1 fully saturated rings. The third-order valence-corrected chi connectivity index (χ3v) is 4.26. The van der Waals surface area contributed by atoms with Gasteiger partial charge in [0.15, 0.2) is 0 Å². The van der Waals surface area contributed by atoms with Crippen molar-refractivity contribution in [2.45, 2.75) is 25.1 Å². The summed E-state index contributed by atoms with van der Waals surface area (Å²) in [6, 6.07) is 9.61. The lowest BCUT2D eigenvalue weighted by Crippen LogP contribution is -2.34.